The van der Waals surface area contributed by atoms with Crippen LogP contribution in [0.2, 0.25) is 0 Å². The maximum atomic E-state index is 12.0. The molecule has 0 bridgehead atoms. The first-order valence-electron chi connectivity index (χ1n) is 5.81. The first kappa shape index (κ1) is 14.0. The van der Waals surface area contributed by atoms with E-state index in [4.69, 9.17) is 5.11 Å². The molecule has 1 aromatic rings. The molecule has 19 heavy (non-hydrogen) atoms. The van der Waals surface area contributed by atoms with Crippen LogP contribution in [0.25, 0.3) is 0 Å². The van der Waals surface area contributed by atoms with Crippen LogP contribution in [-0.2, 0) is 9.59 Å². The average Bonchev–Trinajstić information content (AvgIpc) is 2.60. The Hall–Kier alpha value is -1.44. The van der Waals surface area contributed by atoms with Crippen molar-refractivity contribution >= 4 is 45.9 Å². The molecule has 0 fully saturated rings. The van der Waals surface area contributed by atoms with E-state index >= 15 is 0 Å². The Kier molecular flexibility index (Phi) is 3.88. The lowest BCUT2D eigenvalue weighted by Gasteiger charge is -2.24. The predicted molar refractivity (Wildman–Crippen MR) is 77.3 cm³/mol. The summed E-state index contributed by atoms with van der Waals surface area (Å²) < 4.78 is 0.887. The maximum Gasteiger partial charge on any atom is 0.303 e. The van der Waals surface area contributed by atoms with Gasteiger partial charge in [-0.25, -0.2) is 0 Å². The Morgan fingerprint density at radius 1 is 1.42 bits per heavy atom. The lowest BCUT2D eigenvalue weighted by atomic mass is 10.1. The van der Waals surface area contributed by atoms with Gasteiger partial charge in [0.25, 0.3) is 11.7 Å². The summed E-state index contributed by atoms with van der Waals surface area (Å²) in [4.78, 5) is 35.9. The minimum atomic E-state index is -0.910. The number of rotatable bonds is 4. The van der Waals surface area contributed by atoms with Gasteiger partial charge >= 0.3 is 5.97 Å². The van der Waals surface area contributed by atoms with Crippen molar-refractivity contribution in [1.82, 2.24) is 0 Å². The zero-order chi connectivity index (χ0) is 14.2. The molecule has 0 aromatic heterocycles. The van der Waals surface area contributed by atoms with Crippen LogP contribution in [0.5, 0.6) is 0 Å². The van der Waals surface area contributed by atoms with Gasteiger partial charge in [0.2, 0.25) is 0 Å². The predicted octanol–water partition coefficient (Wildman–Crippen LogP) is 2.07. The number of carboxylic acid groups (broad SMARTS) is 1. The van der Waals surface area contributed by atoms with Crippen LogP contribution in [0.1, 0.15) is 30.1 Å². The molecule has 0 saturated heterocycles. The highest BCUT2D eigenvalue weighted by atomic mass is 127. The number of anilines is 1. The summed E-state index contributed by atoms with van der Waals surface area (Å²) in [6.07, 6.45) is 0.290. The highest BCUT2D eigenvalue weighted by Gasteiger charge is 2.38. The van der Waals surface area contributed by atoms with E-state index in [1.54, 1.807) is 19.1 Å². The van der Waals surface area contributed by atoms with Crippen LogP contribution < -0.4 is 4.90 Å². The largest absolute Gasteiger partial charge is 0.481 e. The van der Waals surface area contributed by atoms with Crippen molar-refractivity contribution in [2.45, 2.75) is 25.8 Å². The van der Waals surface area contributed by atoms with E-state index in [2.05, 4.69) is 22.6 Å². The molecule has 5 nitrogen and oxygen atoms in total. The molecule has 0 aliphatic carbocycles. The zero-order valence-electron chi connectivity index (χ0n) is 10.2. The first-order valence-corrected chi connectivity index (χ1v) is 6.89. The van der Waals surface area contributed by atoms with Gasteiger partial charge in [-0.3, -0.25) is 14.4 Å². The molecular weight excluding hydrogens is 361 g/mol. The van der Waals surface area contributed by atoms with Crippen molar-refractivity contribution in [2.75, 3.05) is 4.90 Å². The summed E-state index contributed by atoms with van der Waals surface area (Å²) in [5.74, 6) is -2.00. The van der Waals surface area contributed by atoms with Gasteiger partial charge in [0.05, 0.1) is 11.3 Å². The normalized spacial score (nSPS) is 15.6. The molecule has 0 saturated carbocycles. The number of benzene rings is 1. The van der Waals surface area contributed by atoms with E-state index in [-0.39, 0.29) is 12.5 Å². The Morgan fingerprint density at radius 3 is 2.74 bits per heavy atom. The average molecular weight is 373 g/mol. The number of amides is 1. The van der Waals surface area contributed by atoms with Crippen molar-refractivity contribution in [1.29, 1.82) is 0 Å². The number of hydrogen-bond acceptors (Lipinski definition) is 3. The number of nitrogens with zero attached hydrogens (tertiary/aromatic N) is 1. The standard InChI is InChI=1S/C13H12INO4/c1-7(2-5-11(16)17)15-10-4-3-8(14)6-9(10)12(18)13(15)19/h3-4,6-7H,2,5H2,1H3,(H,16,17). The van der Waals surface area contributed by atoms with Gasteiger partial charge in [-0.2, -0.15) is 0 Å². The number of hydrogen-bond donors (Lipinski definition) is 1. The van der Waals surface area contributed by atoms with E-state index in [1.165, 1.54) is 4.90 Å². The fraction of sp³-hybridized carbons (Fsp3) is 0.308. The topological polar surface area (TPSA) is 74.7 Å². The Labute approximate surface area is 123 Å². The van der Waals surface area contributed by atoms with Crippen LogP contribution >= 0.6 is 22.6 Å². The third-order valence-corrected chi connectivity index (χ3v) is 3.76. The number of aliphatic carboxylic acids is 1. The summed E-state index contributed by atoms with van der Waals surface area (Å²) in [6, 6.07) is 4.92. The molecule has 1 heterocycles. The molecule has 1 amide bonds. The summed E-state index contributed by atoms with van der Waals surface area (Å²) in [7, 11) is 0. The second-order valence-corrected chi connectivity index (χ2v) is 5.69. The van der Waals surface area contributed by atoms with E-state index in [0.29, 0.717) is 17.7 Å². The van der Waals surface area contributed by atoms with Gasteiger partial charge in [-0.05, 0) is 54.1 Å². The fourth-order valence-corrected chi connectivity index (χ4v) is 2.62. The van der Waals surface area contributed by atoms with Crippen LogP contribution in [0, 0.1) is 3.57 Å². The molecule has 0 radical (unpaired) electrons. The molecule has 6 heteroatoms. The van der Waals surface area contributed by atoms with Crippen LogP contribution in [0.15, 0.2) is 18.2 Å². The van der Waals surface area contributed by atoms with Gasteiger partial charge < -0.3 is 10.0 Å². The van der Waals surface area contributed by atoms with Crippen molar-refractivity contribution in [3.8, 4) is 0 Å². The number of carboxylic acids is 1. The van der Waals surface area contributed by atoms with Gasteiger partial charge in [0, 0.05) is 16.0 Å². The Morgan fingerprint density at radius 2 is 2.11 bits per heavy atom. The second-order valence-electron chi connectivity index (χ2n) is 4.45. The van der Waals surface area contributed by atoms with Crippen molar-refractivity contribution in [2.24, 2.45) is 0 Å². The summed E-state index contributed by atoms with van der Waals surface area (Å²) in [6.45, 7) is 1.75. The molecule has 1 aromatic carbocycles. The number of carbonyl (C=O) groups excluding carboxylic acids is 2. The maximum absolute atomic E-state index is 12.0. The first-order chi connectivity index (χ1) is 8.91. The molecule has 1 unspecified atom stereocenters. The molecule has 2 rings (SSSR count). The number of ketones is 1. The van der Waals surface area contributed by atoms with Crippen LogP contribution in [-0.4, -0.2) is 28.8 Å². The molecule has 100 valence electrons. The van der Waals surface area contributed by atoms with E-state index in [9.17, 15) is 14.4 Å². The molecule has 1 aliphatic heterocycles. The van der Waals surface area contributed by atoms with E-state index in [1.807, 2.05) is 6.07 Å². The SMILES string of the molecule is CC(CCC(=O)O)N1C(=O)C(=O)c2cc(I)ccc21. The molecule has 1 aliphatic rings. The molecule has 1 N–H and O–H groups in total. The highest BCUT2D eigenvalue weighted by Crippen LogP contribution is 2.32. The highest BCUT2D eigenvalue weighted by molar-refractivity contribution is 14.1. The van der Waals surface area contributed by atoms with Gasteiger partial charge in [0.15, 0.2) is 0 Å². The monoisotopic (exact) mass is 373 g/mol. The Bertz CT molecular complexity index is 570. The lowest BCUT2D eigenvalue weighted by Crippen LogP contribution is -2.38. The van der Waals surface area contributed by atoms with Gasteiger partial charge in [-0.15, -0.1) is 0 Å². The van der Waals surface area contributed by atoms with E-state index in [0.717, 1.165) is 3.57 Å². The lowest BCUT2D eigenvalue weighted by molar-refractivity contribution is -0.137. The van der Waals surface area contributed by atoms with Gasteiger partial charge in [0.1, 0.15) is 0 Å². The third kappa shape index (κ3) is 2.63. The summed E-state index contributed by atoms with van der Waals surface area (Å²) in [5.41, 5.74) is 0.979. The fourth-order valence-electron chi connectivity index (χ4n) is 2.13. The van der Waals surface area contributed by atoms with Gasteiger partial charge in [-0.1, -0.05) is 0 Å². The number of fused-ring (bicyclic) bond motifs is 1. The van der Waals surface area contributed by atoms with Crippen molar-refractivity contribution in [3.05, 3.63) is 27.3 Å². The number of halogens is 1. The van der Waals surface area contributed by atoms with E-state index < -0.39 is 17.7 Å². The zero-order valence-corrected chi connectivity index (χ0v) is 12.4. The number of carbonyl (C=O) groups is 3. The third-order valence-electron chi connectivity index (χ3n) is 3.09. The number of Topliss-reactive ketones (excluding diaryl/α,β-unsaturated/α-hetero) is 1. The summed E-state index contributed by atoms with van der Waals surface area (Å²) >= 11 is 2.08. The molecule has 0 spiro atoms. The summed E-state index contributed by atoms with van der Waals surface area (Å²) in [5, 5.41) is 8.68. The van der Waals surface area contributed by atoms with Crippen LogP contribution in [0.3, 0.4) is 0 Å². The molecular formula is C13H12INO4. The van der Waals surface area contributed by atoms with Crippen molar-refractivity contribution in [3.63, 3.8) is 0 Å². The van der Waals surface area contributed by atoms with Crippen molar-refractivity contribution < 1.29 is 19.5 Å². The minimum Gasteiger partial charge on any atom is -0.481 e. The molecule has 1 atom stereocenters. The quantitative estimate of drug-likeness (QED) is 0.648. The van der Waals surface area contributed by atoms with Crippen LogP contribution in [0.4, 0.5) is 5.69 Å². The Balaban J connectivity index is 2.30. The second kappa shape index (κ2) is 5.28. The smallest absolute Gasteiger partial charge is 0.303 e. The minimum absolute atomic E-state index is 0.0289.